The summed E-state index contributed by atoms with van der Waals surface area (Å²) in [6.45, 7) is 5.37. The molecule has 0 fully saturated rings. The molecule has 0 radical (unpaired) electrons. The minimum atomic E-state index is 0.0419. The minimum absolute atomic E-state index is 0.0419. The second-order valence-electron chi connectivity index (χ2n) is 6.96. The average Bonchev–Trinajstić information content (AvgIpc) is 3.40. The number of nitrogens with zero attached hydrogens (tertiary/aromatic N) is 3. The van der Waals surface area contributed by atoms with Gasteiger partial charge in [-0.1, -0.05) is 23.8 Å². The molecule has 1 aromatic heterocycles. The Bertz CT molecular complexity index is 998. The van der Waals surface area contributed by atoms with E-state index in [1.165, 1.54) is 5.56 Å². The van der Waals surface area contributed by atoms with Crippen LogP contribution in [0.25, 0.3) is 11.5 Å². The number of aromatic nitrogens is 2. The van der Waals surface area contributed by atoms with Gasteiger partial charge in [0.05, 0.1) is 0 Å². The zero-order valence-corrected chi connectivity index (χ0v) is 16.6. The number of amides is 1. The molecular formula is C22H23N3O4. The van der Waals surface area contributed by atoms with Crippen molar-refractivity contribution in [1.82, 2.24) is 15.1 Å². The molecule has 0 N–H and O–H groups in total. The maximum Gasteiger partial charge on any atom is 0.247 e. The molecule has 0 aliphatic carbocycles. The van der Waals surface area contributed by atoms with Crippen LogP contribution in [-0.4, -0.2) is 34.3 Å². The molecule has 4 rings (SSSR count). The zero-order valence-electron chi connectivity index (χ0n) is 16.6. The van der Waals surface area contributed by atoms with Crippen LogP contribution in [0.5, 0.6) is 11.5 Å². The predicted octanol–water partition coefficient (Wildman–Crippen LogP) is 3.76. The first-order valence-electron chi connectivity index (χ1n) is 9.68. The number of carbonyl (C=O) groups is 1. The summed E-state index contributed by atoms with van der Waals surface area (Å²) in [6.07, 6.45) is 0.725. The molecular weight excluding hydrogens is 370 g/mol. The van der Waals surface area contributed by atoms with E-state index in [2.05, 4.69) is 10.2 Å². The second kappa shape index (κ2) is 8.34. The predicted molar refractivity (Wildman–Crippen MR) is 106 cm³/mol. The van der Waals surface area contributed by atoms with Gasteiger partial charge in [-0.15, -0.1) is 10.2 Å². The minimum Gasteiger partial charge on any atom is -0.454 e. The van der Waals surface area contributed by atoms with Crippen molar-refractivity contribution in [2.24, 2.45) is 0 Å². The Balaban J connectivity index is 1.35. The molecule has 0 saturated heterocycles. The Morgan fingerprint density at radius 2 is 1.86 bits per heavy atom. The number of ether oxygens (including phenoxy) is 2. The topological polar surface area (TPSA) is 77.7 Å². The van der Waals surface area contributed by atoms with Crippen LogP contribution < -0.4 is 9.47 Å². The Hall–Kier alpha value is -3.35. The largest absolute Gasteiger partial charge is 0.454 e. The van der Waals surface area contributed by atoms with Gasteiger partial charge in [0.25, 0.3) is 0 Å². The highest BCUT2D eigenvalue weighted by Gasteiger charge is 2.18. The van der Waals surface area contributed by atoms with Gasteiger partial charge >= 0.3 is 0 Å². The van der Waals surface area contributed by atoms with E-state index in [0.29, 0.717) is 37.7 Å². The van der Waals surface area contributed by atoms with E-state index in [-0.39, 0.29) is 12.7 Å². The van der Waals surface area contributed by atoms with E-state index >= 15 is 0 Å². The molecule has 2 aromatic carbocycles. The van der Waals surface area contributed by atoms with Gasteiger partial charge in [-0.2, -0.15) is 0 Å². The molecule has 0 unspecified atom stereocenters. The van der Waals surface area contributed by atoms with Gasteiger partial charge in [0.1, 0.15) is 0 Å². The lowest BCUT2D eigenvalue weighted by molar-refractivity contribution is -0.131. The smallest absolute Gasteiger partial charge is 0.247 e. The number of carbonyl (C=O) groups excluding carboxylic acids is 1. The Kier molecular flexibility index (Phi) is 5.46. The number of hydrogen-bond acceptors (Lipinski definition) is 6. The van der Waals surface area contributed by atoms with Crippen molar-refractivity contribution < 1.29 is 18.7 Å². The molecule has 7 heteroatoms. The van der Waals surface area contributed by atoms with Crippen LogP contribution in [0.3, 0.4) is 0 Å². The Morgan fingerprint density at radius 3 is 2.66 bits per heavy atom. The van der Waals surface area contributed by atoms with Crippen molar-refractivity contribution in [2.45, 2.75) is 33.2 Å². The van der Waals surface area contributed by atoms with Crippen LogP contribution in [-0.2, 0) is 17.8 Å². The molecule has 150 valence electrons. The second-order valence-corrected chi connectivity index (χ2v) is 6.96. The maximum atomic E-state index is 12.7. The summed E-state index contributed by atoms with van der Waals surface area (Å²) in [6, 6.07) is 13.6. The lowest BCUT2D eigenvalue weighted by atomic mass is 10.1. The molecule has 0 spiro atoms. The van der Waals surface area contributed by atoms with Gasteiger partial charge < -0.3 is 18.8 Å². The fourth-order valence-corrected chi connectivity index (χ4v) is 3.18. The summed E-state index contributed by atoms with van der Waals surface area (Å²) < 4.78 is 16.5. The van der Waals surface area contributed by atoms with Gasteiger partial charge in [-0.25, -0.2) is 0 Å². The van der Waals surface area contributed by atoms with Crippen molar-refractivity contribution in [2.75, 3.05) is 13.3 Å². The highest BCUT2D eigenvalue weighted by Crippen LogP contribution is 2.32. The van der Waals surface area contributed by atoms with E-state index < -0.39 is 0 Å². The average molecular weight is 393 g/mol. The maximum absolute atomic E-state index is 12.7. The standard InChI is InChI=1S/C22H23N3O4/c1-3-25(13-16-6-9-18-19(12-16)28-14-27-18)21(26)11-10-20-23-24-22(29-20)17-7-4-15(2)5-8-17/h4-9,12H,3,10-11,13-14H2,1-2H3. The van der Waals surface area contributed by atoms with Gasteiger partial charge in [-0.05, 0) is 43.7 Å². The zero-order chi connectivity index (χ0) is 20.2. The lowest BCUT2D eigenvalue weighted by Crippen LogP contribution is -2.30. The summed E-state index contributed by atoms with van der Waals surface area (Å²) in [5.74, 6) is 2.44. The van der Waals surface area contributed by atoms with Gasteiger partial charge in [0, 0.05) is 31.5 Å². The fourth-order valence-electron chi connectivity index (χ4n) is 3.18. The van der Waals surface area contributed by atoms with E-state index in [1.807, 2.05) is 56.3 Å². The fraction of sp³-hybridized carbons (Fsp3) is 0.318. The highest BCUT2D eigenvalue weighted by molar-refractivity contribution is 5.76. The van der Waals surface area contributed by atoms with Crippen LogP contribution in [0.2, 0.25) is 0 Å². The molecule has 1 aliphatic rings. The van der Waals surface area contributed by atoms with Gasteiger partial charge in [0.2, 0.25) is 24.5 Å². The molecule has 0 atom stereocenters. The first kappa shape index (κ1) is 19.0. The molecule has 1 aliphatic heterocycles. The number of fused-ring (bicyclic) bond motifs is 1. The quantitative estimate of drug-likeness (QED) is 0.608. The SMILES string of the molecule is CCN(Cc1ccc2c(c1)OCO2)C(=O)CCc1nnc(-c2ccc(C)cc2)o1. The number of rotatable bonds is 7. The highest BCUT2D eigenvalue weighted by atomic mass is 16.7. The first-order valence-corrected chi connectivity index (χ1v) is 9.68. The van der Waals surface area contributed by atoms with E-state index in [0.717, 1.165) is 22.6 Å². The molecule has 29 heavy (non-hydrogen) atoms. The normalized spacial score (nSPS) is 12.2. The van der Waals surface area contributed by atoms with Gasteiger partial charge in [0.15, 0.2) is 11.5 Å². The number of hydrogen-bond donors (Lipinski definition) is 0. The van der Waals surface area contributed by atoms with Crippen molar-refractivity contribution in [1.29, 1.82) is 0 Å². The van der Waals surface area contributed by atoms with Crippen LogP contribution in [0, 0.1) is 6.92 Å². The van der Waals surface area contributed by atoms with Gasteiger partial charge in [-0.3, -0.25) is 4.79 Å². The Labute approximate surface area is 169 Å². The number of benzene rings is 2. The van der Waals surface area contributed by atoms with E-state index in [1.54, 1.807) is 4.90 Å². The first-order chi connectivity index (χ1) is 14.1. The third kappa shape index (κ3) is 4.39. The summed E-state index contributed by atoms with van der Waals surface area (Å²) in [7, 11) is 0. The molecule has 0 saturated carbocycles. The van der Waals surface area contributed by atoms with Crippen molar-refractivity contribution in [3.63, 3.8) is 0 Å². The summed E-state index contributed by atoms with van der Waals surface area (Å²) in [5.41, 5.74) is 3.05. The van der Waals surface area contributed by atoms with Crippen molar-refractivity contribution in [3.05, 3.63) is 59.5 Å². The molecule has 2 heterocycles. The molecule has 1 amide bonds. The summed E-state index contributed by atoms with van der Waals surface area (Å²) in [5, 5.41) is 8.17. The van der Waals surface area contributed by atoms with Crippen molar-refractivity contribution in [3.8, 4) is 23.0 Å². The Morgan fingerprint density at radius 1 is 1.07 bits per heavy atom. The van der Waals surface area contributed by atoms with Crippen LogP contribution in [0.15, 0.2) is 46.9 Å². The molecule has 3 aromatic rings. The summed E-state index contributed by atoms with van der Waals surface area (Å²) >= 11 is 0. The van der Waals surface area contributed by atoms with E-state index in [9.17, 15) is 4.79 Å². The lowest BCUT2D eigenvalue weighted by Gasteiger charge is -2.21. The monoisotopic (exact) mass is 393 g/mol. The number of aryl methyl sites for hydroxylation is 2. The third-order valence-electron chi connectivity index (χ3n) is 4.86. The molecule has 7 nitrogen and oxygen atoms in total. The van der Waals surface area contributed by atoms with Crippen LogP contribution >= 0.6 is 0 Å². The summed E-state index contributed by atoms with van der Waals surface area (Å²) in [4.78, 5) is 14.5. The third-order valence-corrected chi connectivity index (χ3v) is 4.86. The van der Waals surface area contributed by atoms with Crippen LogP contribution in [0.4, 0.5) is 0 Å². The van der Waals surface area contributed by atoms with Crippen LogP contribution in [0.1, 0.15) is 30.4 Å². The van der Waals surface area contributed by atoms with E-state index in [4.69, 9.17) is 13.9 Å². The molecule has 0 bridgehead atoms. The van der Waals surface area contributed by atoms with Crippen molar-refractivity contribution >= 4 is 5.91 Å².